The van der Waals surface area contributed by atoms with E-state index in [1.165, 1.54) is 0 Å². The fourth-order valence-electron chi connectivity index (χ4n) is 1.79. The van der Waals surface area contributed by atoms with Crippen molar-refractivity contribution in [1.82, 2.24) is 0 Å². The van der Waals surface area contributed by atoms with Crippen molar-refractivity contribution in [2.24, 2.45) is 0 Å². The summed E-state index contributed by atoms with van der Waals surface area (Å²) in [6, 6.07) is 10.6. The van der Waals surface area contributed by atoms with Crippen LogP contribution in [0.1, 0.15) is 5.56 Å². The quantitative estimate of drug-likeness (QED) is 0.671. The Kier molecular flexibility index (Phi) is 4.14. The summed E-state index contributed by atoms with van der Waals surface area (Å²) in [6.45, 7) is 0.335. The first-order valence-corrected chi connectivity index (χ1v) is 5.91. The van der Waals surface area contributed by atoms with Crippen LogP contribution in [0.2, 0.25) is 0 Å². The maximum absolute atomic E-state index is 13.2. The topological polar surface area (TPSA) is 64.4 Å². The number of benzene rings is 2. The normalized spacial score (nSPS) is 10.1. The van der Waals surface area contributed by atoms with Gasteiger partial charge in [-0.05, 0) is 23.8 Å². The Morgan fingerprint density at radius 1 is 1.30 bits per heavy atom. The maximum atomic E-state index is 13.2. The number of nitrogens with one attached hydrogen (secondary N) is 1. The molecular weight excluding hydrogens is 263 g/mol. The van der Waals surface area contributed by atoms with Crippen LogP contribution in [-0.2, 0) is 6.54 Å². The number of rotatable bonds is 5. The van der Waals surface area contributed by atoms with Crippen molar-refractivity contribution in [3.8, 4) is 5.75 Å². The molecule has 2 rings (SSSR count). The number of halogens is 1. The molecule has 0 saturated carbocycles. The van der Waals surface area contributed by atoms with Gasteiger partial charge in [-0.3, -0.25) is 10.1 Å². The highest BCUT2D eigenvalue weighted by atomic mass is 19.1. The van der Waals surface area contributed by atoms with Gasteiger partial charge in [-0.15, -0.1) is 0 Å². The molecule has 0 aromatic heterocycles. The van der Waals surface area contributed by atoms with Crippen molar-refractivity contribution < 1.29 is 14.1 Å². The lowest BCUT2D eigenvalue weighted by Crippen LogP contribution is -2.03. The molecule has 0 aliphatic carbocycles. The SMILES string of the molecule is COc1cccc(CNc2cc(F)ccc2[N+](=O)[O-])c1. The zero-order valence-electron chi connectivity index (χ0n) is 10.8. The molecule has 20 heavy (non-hydrogen) atoms. The zero-order valence-corrected chi connectivity index (χ0v) is 10.8. The summed E-state index contributed by atoms with van der Waals surface area (Å²) in [7, 11) is 1.56. The van der Waals surface area contributed by atoms with E-state index in [1.54, 1.807) is 19.2 Å². The molecule has 6 heteroatoms. The molecule has 0 radical (unpaired) electrons. The van der Waals surface area contributed by atoms with Crippen LogP contribution in [0, 0.1) is 15.9 Å². The molecule has 0 saturated heterocycles. The summed E-state index contributed by atoms with van der Waals surface area (Å²) in [5, 5.41) is 13.7. The number of hydrogen-bond donors (Lipinski definition) is 1. The molecular formula is C14H13FN2O3. The Morgan fingerprint density at radius 3 is 2.80 bits per heavy atom. The van der Waals surface area contributed by atoms with Crippen molar-refractivity contribution in [1.29, 1.82) is 0 Å². The fraction of sp³-hybridized carbons (Fsp3) is 0.143. The molecule has 0 fully saturated rings. The lowest BCUT2D eigenvalue weighted by Gasteiger charge is -2.08. The van der Waals surface area contributed by atoms with Crippen molar-refractivity contribution in [3.63, 3.8) is 0 Å². The van der Waals surface area contributed by atoms with Crippen LogP contribution >= 0.6 is 0 Å². The summed E-state index contributed by atoms with van der Waals surface area (Å²) in [4.78, 5) is 10.3. The van der Waals surface area contributed by atoms with E-state index >= 15 is 0 Å². The van der Waals surface area contributed by atoms with Gasteiger partial charge in [0.25, 0.3) is 5.69 Å². The van der Waals surface area contributed by atoms with Crippen molar-refractivity contribution in [2.75, 3.05) is 12.4 Å². The lowest BCUT2D eigenvalue weighted by molar-refractivity contribution is -0.384. The van der Waals surface area contributed by atoms with Crippen LogP contribution in [0.15, 0.2) is 42.5 Å². The Morgan fingerprint density at radius 2 is 2.10 bits per heavy atom. The Balaban J connectivity index is 2.17. The molecule has 0 bridgehead atoms. The number of nitro benzene ring substituents is 1. The van der Waals surface area contributed by atoms with Gasteiger partial charge in [0, 0.05) is 18.7 Å². The van der Waals surface area contributed by atoms with Gasteiger partial charge in [0.1, 0.15) is 17.3 Å². The molecule has 0 heterocycles. The average molecular weight is 276 g/mol. The van der Waals surface area contributed by atoms with Gasteiger partial charge in [-0.25, -0.2) is 4.39 Å². The van der Waals surface area contributed by atoms with E-state index in [0.29, 0.717) is 12.3 Å². The van der Waals surface area contributed by atoms with E-state index in [-0.39, 0.29) is 11.4 Å². The van der Waals surface area contributed by atoms with Crippen LogP contribution in [0.5, 0.6) is 5.75 Å². The zero-order chi connectivity index (χ0) is 14.5. The third kappa shape index (κ3) is 3.23. The van der Waals surface area contributed by atoms with Crippen LogP contribution < -0.4 is 10.1 Å². The van der Waals surface area contributed by atoms with Crippen molar-refractivity contribution in [3.05, 3.63) is 64.0 Å². The van der Waals surface area contributed by atoms with E-state index in [9.17, 15) is 14.5 Å². The third-order valence-corrected chi connectivity index (χ3v) is 2.77. The average Bonchev–Trinajstić information content (AvgIpc) is 2.45. The lowest BCUT2D eigenvalue weighted by atomic mass is 10.2. The van der Waals surface area contributed by atoms with E-state index in [2.05, 4.69) is 5.32 Å². The molecule has 0 spiro atoms. The highest BCUT2D eigenvalue weighted by Gasteiger charge is 2.14. The van der Waals surface area contributed by atoms with Crippen LogP contribution in [0.4, 0.5) is 15.8 Å². The molecule has 104 valence electrons. The monoisotopic (exact) mass is 276 g/mol. The molecule has 2 aromatic rings. The number of nitro groups is 1. The fourth-order valence-corrected chi connectivity index (χ4v) is 1.79. The van der Waals surface area contributed by atoms with Gasteiger partial charge in [-0.2, -0.15) is 0 Å². The minimum atomic E-state index is -0.548. The number of nitrogens with zero attached hydrogens (tertiary/aromatic N) is 1. The Hall–Kier alpha value is -2.63. The highest BCUT2D eigenvalue weighted by Crippen LogP contribution is 2.25. The predicted molar refractivity (Wildman–Crippen MR) is 73.4 cm³/mol. The summed E-state index contributed by atoms with van der Waals surface area (Å²) >= 11 is 0. The van der Waals surface area contributed by atoms with Crippen molar-refractivity contribution >= 4 is 11.4 Å². The summed E-state index contributed by atoms with van der Waals surface area (Å²) in [6.07, 6.45) is 0. The van der Waals surface area contributed by atoms with Gasteiger partial charge >= 0.3 is 0 Å². The number of anilines is 1. The molecule has 0 unspecified atom stereocenters. The van der Waals surface area contributed by atoms with Gasteiger partial charge in [0.05, 0.1) is 12.0 Å². The van der Waals surface area contributed by atoms with Gasteiger partial charge in [-0.1, -0.05) is 12.1 Å². The second-order valence-electron chi connectivity index (χ2n) is 4.12. The van der Waals surface area contributed by atoms with Gasteiger partial charge < -0.3 is 10.1 Å². The summed E-state index contributed by atoms with van der Waals surface area (Å²) in [5.41, 5.74) is 0.870. The van der Waals surface area contributed by atoms with Crippen LogP contribution in [0.3, 0.4) is 0 Å². The summed E-state index contributed by atoms with van der Waals surface area (Å²) < 4.78 is 18.3. The van der Waals surface area contributed by atoms with Crippen LogP contribution in [-0.4, -0.2) is 12.0 Å². The second-order valence-corrected chi connectivity index (χ2v) is 4.12. The van der Waals surface area contributed by atoms with Crippen LogP contribution in [0.25, 0.3) is 0 Å². The first-order chi connectivity index (χ1) is 9.60. The largest absolute Gasteiger partial charge is 0.497 e. The predicted octanol–water partition coefficient (Wildman–Crippen LogP) is 3.35. The number of ether oxygens (including phenoxy) is 1. The molecule has 5 nitrogen and oxygen atoms in total. The van der Waals surface area contributed by atoms with E-state index in [4.69, 9.17) is 4.74 Å². The second kappa shape index (κ2) is 6.01. The van der Waals surface area contributed by atoms with E-state index in [0.717, 1.165) is 23.8 Å². The maximum Gasteiger partial charge on any atom is 0.292 e. The van der Waals surface area contributed by atoms with E-state index in [1.807, 2.05) is 12.1 Å². The Labute approximate surface area is 115 Å². The summed E-state index contributed by atoms with van der Waals surface area (Å²) in [5.74, 6) is 0.168. The molecule has 0 amide bonds. The molecule has 2 aromatic carbocycles. The third-order valence-electron chi connectivity index (χ3n) is 2.77. The standard InChI is InChI=1S/C14H13FN2O3/c1-20-12-4-2-3-10(7-12)9-16-13-8-11(15)5-6-14(13)17(18)19/h2-8,16H,9H2,1H3. The van der Waals surface area contributed by atoms with Gasteiger partial charge in [0.2, 0.25) is 0 Å². The number of hydrogen-bond acceptors (Lipinski definition) is 4. The molecule has 0 aliphatic heterocycles. The first kappa shape index (κ1) is 13.8. The van der Waals surface area contributed by atoms with E-state index < -0.39 is 10.7 Å². The smallest absolute Gasteiger partial charge is 0.292 e. The van der Waals surface area contributed by atoms with Gasteiger partial charge in [0.15, 0.2) is 0 Å². The number of methoxy groups -OCH3 is 1. The molecule has 0 atom stereocenters. The minimum Gasteiger partial charge on any atom is -0.497 e. The highest BCUT2D eigenvalue weighted by molar-refractivity contribution is 5.61. The minimum absolute atomic E-state index is 0.151. The molecule has 0 aliphatic rings. The first-order valence-electron chi connectivity index (χ1n) is 5.91. The Bertz CT molecular complexity index is 632. The van der Waals surface area contributed by atoms with Crippen molar-refractivity contribution in [2.45, 2.75) is 6.54 Å². The molecule has 1 N–H and O–H groups in total.